The van der Waals surface area contributed by atoms with Crippen molar-refractivity contribution in [1.82, 2.24) is 4.90 Å². The number of imide groups is 1. The Morgan fingerprint density at radius 1 is 1.15 bits per heavy atom. The molecule has 5 aliphatic rings. The largest absolute Gasteiger partial charge is 0.324 e. The number of hydrogen-bond donors (Lipinski definition) is 1. The molecule has 6 rings (SSSR count). The summed E-state index contributed by atoms with van der Waals surface area (Å²) in [7, 11) is 0. The molecule has 3 fully saturated rings. The summed E-state index contributed by atoms with van der Waals surface area (Å²) in [5.41, 5.74) is 1.48. The van der Waals surface area contributed by atoms with Crippen LogP contribution in [0.3, 0.4) is 0 Å². The van der Waals surface area contributed by atoms with Crippen LogP contribution in [0.4, 0.5) is 5.69 Å². The molecule has 4 aliphatic carbocycles. The molecule has 1 aromatic rings. The van der Waals surface area contributed by atoms with Crippen LogP contribution in [0.5, 0.6) is 0 Å². The van der Waals surface area contributed by atoms with Gasteiger partial charge in [-0.3, -0.25) is 19.3 Å². The van der Waals surface area contributed by atoms with Gasteiger partial charge in [-0.25, -0.2) is 0 Å². The van der Waals surface area contributed by atoms with Crippen LogP contribution in [0.25, 0.3) is 0 Å². The highest BCUT2D eigenvalue weighted by Crippen LogP contribution is 2.65. The summed E-state index contributed by atoms with van der Waals surface area (Å²) in [6.07, 6.45) is 5.39. The minimum absolute atomic E-state index is 0.176. The van der Waals surface area contributed by atoms with Crippen LogP contribution in [-0.2, 0) is 14.4 Å². The number of benzene rings is 1. The van der Waals surface area contributed by atoms with Crippen LogP contribution >= 0.6 is 11.6 Å². The Balaban J connectivity index is 1.32. The molecule has 134 valence electrons. The molecule has 1 saturated heterocycles. The van der Waals surface area contributed by atoms with Gasteiger partial charge in [-0.2, -0.15) is 0 Å². The first kappa shape index (κ1) is 16.1. The second kappa shape index (κ2) is 5.43. The van der Waals surface area contributed by atoms with E-state index in [1.54, 1.807) is 12.1 Å². The first-order valence-corrected chi connectivity index (χ1v) is 9.43. The third kappa shape index (κ3) is 2.19. The van der Waals surface area contributed by atoms with Gasteiger partial charge in [0.25, 0.3) is 0 Å². The lowest BCUT2D eigenvalue weighted by atomic mass is 9.63. The van der Waals surface area contributed by atoms with Gasteiger partial charge >= 0.3 is 0 Å². The number of carbonyl (C=O) groups excluding carboxylic acids is 3. The van der Waals surface area contributed by atoms with Gasteiger partial charge in [0.2, 0.25) is 17.7 Å². The number of rotatable bonds is 3. The average molecular weight is 371 g/mol. The van der Waals surface area contributed by atoms with Gasteiger partial charge in [0.15, 0.2) is 0 Å². The molecule has 1 aliphatic heterocycles. The molecule has 6 atom stereocenters. The summed E-state index contributed by atoms with van der Waals surface area (Å²) in [5, 5.41) is 3.29. The summed E-state index contributed by atoms with van der Waals surface area (Å²) >= 11 is 6.08. The van der Waals surface area contributed by atoms with E-state index in [4.69, 9.17) is 11.6 Å². The van der Waals surface area contributed by atoms with E-state index in [2.05, 4.69) is 17.5 Å². The summed E-state index contributed by atoms with van der Waals surface area (Å²) in [6, 6.07) is 5.23. The van der Waals surface area contributed by atoms with Crippen molar-refractivity contribution in [2.75, 3.05) is 11.9 Å². The minimum atomic E-state index is -0.379. The second-order valence-electron chi connectivity index (χ2n) is 7.93. The number of aryl methyl sites for hydroxylation is 1. The number of nitrogens with one attached hydrogen (secondary N) is 1. The maximum Gasteiger partial charge on any atom is 0.244 e. The van der Waals surface area contributed by atoms with Crippen molar-refractivity contribution in [2.24, 2.45) is 35.5 Å². The van der Waals surface area contributed by atoms with Crippen molar-refractivity contribution in [3.8, 4) is 0 Å². The van der Waals surface area contributed by atoms with E-state index in [-0.39, 0.29) is 47.9 Å². The van der Waals surface area contributed by atoms with E-state index in [9.17, 15) is 14.4 Å². The predicted octanol–water partition coefficient (Wildman–Crippen LogP) is 2.64. The van der Waals surface area contributed by atoms with Crippen molar-refractivity contribution in [2.45, 2.75) is 13.3 Å². The lowest BCUT2D eigenvalue weighted by Crippen LogP contribution is -2.40. The van der Waals surface area contributed by atoms with E-state index in [0.717, 1.165) is 16.9 Å². The number of anilines is 1. The molecule has 2 bridgehead atoms. The number of likely N-dealkylation sites (tertiary alicyclic amines) is 1. The molecule has 26 heavy (non-hydrogen) atoms. The fourth-order valence-electron chi connectivity index (χ4n) is 5.19. The number of nitrogens with zero attached hydrogens (tertiary/aromatic N) is 1. The first-order chi connectivity index (χ1) is 12.5. The highest BCUT2D eigenvalue weighted by molar-refractivity contribution is 6.31. The van der Waals surface area contributed by atoms with Gasteiger partial charge in [0.1, 0.15) is 6.54 Å². The molecule has 1 N–H and O–H groups in total. The normalized spacial score (nSPS) is 36.2. The quantitative estimate of drug-likeness (QED) is 0.657. The van der Waals surface area contributed by atoms with E-state index in [0.29, 0.717) is 22.5 Å². The van der Waals surface area contributed by atoms with E-state index < -0.39 is 0 Å². The smallest absolute Gasteiger partial charge is 0.244 e. The van der Waals surface area contributed by atoms with Gasteiger partial charge < -0.3 is 5.32 Å². The summed E-state index contributed by atoms with van der Waals surface area (Å²) < 4.78 is 0. The Hall–Kier alpha value is -2.14. The fourth-order valence-corrected chi connectivity index (χ4v) is 5.37. The van der Waals surface area contributed by atoms with Crippen LogP contribution in [-0.4, -0.2) is 29.2 Å². The van der Waals surface area contributed by atoms with Crippen molar-refractivity contribution in [1.29, 1.82) is 0 Å². The molecular weight excluding hydrogens is 352 g/mol. The maximum atomic E-state index is 12.9. The Morgan fingerprint density at radius 2 is 1.77 bits per heavy atom. The zero-order valence-electron chi connectivity index (χ0n) is 14.3. The summed E-state index contributed by atoms with van der Waals surface area (Å²) in [5.74, 6) is 0.217. The number of carbonyl (C=O) groups is 3. The van der Waals surface area contributed by atoms with Crippen molar-refractivity contribution < 1.29 is 14.4 Å². The molecule has 0 unspecified atom stereocenters. The number of halogens is 1. The highest BCUT2D eigenvalue weighted by atomic mass is 35.5. The standard InChI is InChI=1S/C20H19ClN2O3/c1-9-2-3-10(6-15(9)21)22-16(24)8-23-19(25)17-11-4-5-12(14-7-13(11)14)18(17)20(23)26/h2-6,11-14,17-18H,7-8H2,1H3,(H,22,24)/t11-,12-,13-,14-,17+,18+/m1/s1. The molecule has 1 heterocycles. The monoisotopic (exact) mass is 370 g/mol. The first-order valence-electron chi connectivity index (χ1n) is 9.05. The van der Waals surface area contributed by atoms with Crippen LogP contribution in [0.2, 0.25) is 5.02 Å². The highest BCUT2D eigenvalue weighted by Gasteiger charge is 2.67. The van der Waals surface area contributed by atoms with E-state index >= 15 is 0 Å². The van der Waals surface area contributed by atoms with Crippen molar-refractivity contribution >= 4 is 35.0 Å². The van der Waals surface area contributed by atoms with Crippen LogP contribution in [0, 0.1) is 42.4 Å². The Labute approximate surface area is 156 Å². The predicted molar refractivity (Wildman–Crippen MR) is 96.2 cm³/mol. The number of amides is 3. The fraction of sp³-hybridized carbons (Fsp3) is 0.450. The molecular formula is C20H19ClN2O3. The van der Waals surface area contributed by atoms with Gasteiger partial charge in [0.05, 0.1) is 11.8 Å². The molecule has 0 spiro atoms. The van der Waals surface area contributed by atoms with E-state index in [1.807, 2.05) is 13.0 Å². The second-order valence-corrected chi connectivity index (χ2v) is 8.34. The maximum absolute atomic E-state index is 12.9. The lowest BCUT2D eigenvalue weighted by Gasteiger charge is -2.37. The zero-order chi connectivity index (χ0) is 18.2. The third-order valence-electron chi connectivity index (χ3n) is 6.51. The van der Waals surface area contributed by atoms with Gasteiger partial charge in [-0.05, 0) is 54.7 Å². The topological polar surface area (TPSA) is 66.5 Å². The molecule has 3 amide bonds. The Bertz CT molecular complexity index is 844. The van der Waals surface area contributed by atoms with Crippen LogP contribution in [0.15, 0.2) is 30.4 Å². The Morgan fingerprint density at radius 3 is 2.35 bits per heavy atom. The number of allylic oxidation sites excluding steroid dienone is 2. The molecule has 0 radical (unpaired) electrons. The van der Waals surface area contributed by atoms with E-state index in [1.165, 1.54) is 0 Å². The molecule has 2 saturated carbocycles. The molecule has 6 heteroatoms. The average Bonchev–Trinajstić information content (AvgIpc) is 3.39. The molecule has 1 aromatic carbocycles. The SMILES string of the molecule is Cc1ccc(NC(=O)CN2C(=O)[C@H]3[C@@H]4C=C[C@H]([C@H]5C[C@H]45)[C@@H]3C2=O)cc1Cl. The van der Waals surface area contributed by atoms with Crippen molar-refractivity contribution in [3.63, 3.8) is 0 Å². The minimum Gasteiger partial charge on any atom is -0.324 e. The number of hydrogen-bond acceptors (Lipinski definition) is 3. The van der Waals surface area contributed by atoms with Gasteiger partial charge in [-0.15, -0.1) is 0 Å². The van der Waals surface area contributed by atoms with Crippen molar-refractivity contribution in [3.05, 3.63) is 40.9 Å². The lowest BCUT2D eigenvalue weighted by molar-refractivity contribution is -0.142. The third-order valence-corrected chi connectivity index (χ3v) is 6.92. The zero-order valence-corrected chi connectivity index (χ0v) is 15.1. The van der Waals surface area contributed by atoms with Gasteiger partial charge in [-0.1, -0.05) is 29.8 Å². The van der Waals surface area contributed by atoms with Crippen LogP contribution < -0.4 is 5.32 Å². The molecule has 5 nitrogen and oxygen atoms in total. The summed E-state index contributed by atoms with van der Waals surface area (Å²) in [6.45, 7) is 1.65. The van der Waals surface area contributed by atoms with Gasteiger partial charge in [0, 0.05) is 10.7 Å². The molecule has 0 aromatic heterocycles. The summed E-state index contributed by atoms with van der Waals surface area (Å²) in [4.78, 5) is 39.3. The van der Waals surface area contributed by atoms with Crippen LogP contribution in [0.1, 0.15) is 12.0 Å². The Kier molecular flexibility index (Phi) is 3.35.